The zero-order chi connectivity index (χ0) is 12.0. The standard InChI is InChI=1S/C12H16N2O2S/c13-6-9-1-3-10(4-2-9)14-7-11-5-12(8-14)17(11,15)16/h1-4,11-12H,5-8,13H2. The largest absolute Gasteiger partial charge is 0.369 e. The molecule has 2 N–H and O–H groups in total. The molecule has 17 heavy (non-hydrogen) atoms. The van der Waals surface area contributed by atoms with Gasteiger partial charge in [-0.1, -0.05) is 12.1 Å². The summed E-state index contributed by atoms with van der Waals surface area (Å²) in [5, 5.41) is -0.286. The van der Waals surface area contributed by atoms with Crippen LogP contribution < -0.4 is 10.6 Å². The van der Waals surface area contributed by atoms with Crippen LogP contribution in [-0.2, 0) is 16.4 Å². The Kier molecular flexibility index (Phi) is 2.41. The minimum Gasteiger partial charge on any atom is -0.369 e. The van der Waals surface area contributed by atoms with Crippen molar-refractivity contribution >= 4 is 15.5 Å². The molecule has 0 amide bonds. The van der Waals surface area contributed by atoms with E-state index in [1.807, 2.05) is 24.3 Å². The summed E-state index contributed by atoms with van der Waals surface area (Å²) in [5.74, 6) is 0. The normalized spacial score (nSPS) is 29.8. The fraction of sp³-hybridized carbons (Fsp3) is 0.500. The van der Waals surface area contributed by atoms with Crippen molar-refractivity contribution in [3.8, 4) is 0 Å². The predicted molar refractivity (Wildman–Crippen MR) is 67.7 cm³/mol. The van der Waals surface area contributed by atoms with Gasteiger partial charge in [-0.2, -0.15) is 0 Å². The molecule has 0 saturated carbocycles. The molecule has 4 nitrogen and oxygen atoms in total. The summed E-state index contributed by atoms with van der Waals surface area (Å²) in [6.07, 6.45) is 0.847. The van der Waals surface area contributed by atoms with Crippen LogP contribution in [0.5, 0.6) is 0 Å². The highest BCUT2D eigenvalue weighted by atomic mass is 32.2. The van der Waals surface area contributed by atoms with Gasteiger partial charge >= 0.3 is 0 Å². The first-order chi connectivity index (χ1) is 8.11. The van der Waals surface area contributed by atoms with Crippen LogP contribution in [-0.4, -0.2) is 32.0 Å². The average molecular weight is 252 g/mol. The first-order valence-corrected chi connectivity index (χ1v) is 7.49. The lowest BCUT2D eigenvalue weighted by Gasteiger charge is -2.47. The van der Waals surface area contributed by atoms with Crippen molar-refractivity contribution < 1.29 is 8.42 Å². The van der Waals surface area contributed by atoms with Gasteiger partial charge in [0.05, 0.1) is 10.5 Å². The molecule has 3 aliphatic rings. The number of piperidine rings is 1. The number of hydrogen-bond acceptors (Lipinski definition) is 4. The molecule has 3 heterocycles. The fourth-order valence-corrected chi connectivity index (χ4v) is 4.65. The van der Waals surface area contributed by atoms with Gasteiger partial charge in [0.25, 0.3) is 0 Å². The molecule has 5 heteroatoms. The Labute approximate surface area is 101 Å². The molecule has 3 fully saturated rings. The van der Waals surface area contributed by atoms with Crippen LogP contribution in [0.15, 0.2) is 24.3 Å². The molecule has 0 aliphatic carbocycles. The SMILES string of the molecule is NCc1ccc(N2CC3CC(C2)S3(=O)=O)cc1. The Morgan fingerprint density at radius 3 is 2.24 bits per heavy atom. The summed E-state index contributed by atoms with van der Waals surface area (Å²) in [6.45, 7) is 1.82. The zero-order valence-corrected chi connectivity index (χ0v) is 10.4. The van der Waals surface area contributed by atoms with Crippen LogP contribution >= 0.6 is 0 Å². The number of benzene rings is 1. The summed E-state index contributed by atoms with van der Waals surface area (Å²) in [5.41, 5.74) is 7.75. The minimum absolute atomic E-state index is 0.143. The fourth-order valence-electron chi connectivity index (χ4n) is 2.69. The first kappa shape index (κ1) is 11.0. The summed E-state index contributed by atoms with van der Waals surface area (Å²) < 4.78 is 23.3. The Hall–Kier alpha value is -1.07. The number of nitrogens with zero attached hydrogens (tertiary/aromatic N) is 1. The third-order valence-electron chi connectivity index (χ3n) is 3.84. The lowest BCUT2D eigenvalue weighted by molar-refractivity contribution is 0.460. The topological polar surface area (TPSA) is 63.4 Å². The minimum atomic E-state index is -2.78. The molecule has 92 valence electrons. The van der Waals surface area contributed by atoms with Crippen molar-refractivity contribution in [3.05, 3.63) is 29.8 Å². The van der Waals surface area contributed by atoms with Gasteiger partial charge < -0.3 is 10.6 Å². The number of nitrogens with two attached hydrogens (primary N) is 1. The number of fused-ring (bicyclic) bond motifs is 2. The summed E-state index contributed by atoms with van der Waals surface area (Å²) in [6, 6.07) is 8.06. The molecule has 4 rings (SSSR count). The van der Waals surface area contributed by atoms with E-state index in [9.17, 15) is 8.42 Å². The van der Waals surface area contributed by atoms with Crippen LogP contribution in [0.4, 0.5) is 5.69 Å². The van der Waals surface area contributed by atoms with Crippen LogP contribution in [0.25, 0.3) is 0 Å². The smallest absolute Gasteiger partial charge is 0.159 e. The number of rotatable bonds is 2. The van der Waals surface area contributed by atoms with Crippen molar-refractivity contribution in [1.29, 1.82) is 0 Å². The first-order valence-electron chi connectivity index (χ1n) is 5.88. The van der Waals surface area contributed by atoms with Crippen molar-refractivity contribution in [2.24, 2.45) is 5.73 Å². The number of hydrogen-bond donors (Lipinski definition) is 1. The molecule has 2 atom stereocenters. The van der Waals surface area contributed by atoms with Gasteiger partial charge in [-0.3, -0.25) is 0 Å². The van der Waals surface area contributed by atoms with E-state index in [1.54, 1.807) is 0 Å². The maximum Gasteiger partial charge on any atom is 0.159 e. The highest BCUT2D eigenvalue weighted by Crippen LogP contribution is 2.37. The lowest BCUT2D eigenvalue weighted by Crippen LogP contribution is -2.62. The van der Waals surface area contributed by atoms with Crippen molar-refractivity contribution in [2.75, 3.05) is 18.0 Å². The van der Waals surface area contributed by atoms with Gasteiger partial charge in [-0.15, -0.1) is 0 Å². The Morgan fingerprint density at radius 2 is 1.76 bits per heavy atom. The molecule has 0 radical (unpaired) electrons. The van der Waals surface area contributed by atoms with Gasteiger partial charge in [0, 0.05) is 25.3 Å². The Bertz CT molecular complexity index is 506. The van der Waals surface area contributed by atoms with Gasteiger partial charge in [0.1, 0.15) is 0 Å². The summed E-state index contributed by atoms with van der Waals surface area (Å²) >= 11 is 0. The second kappa shape index (κ2) is 3.71. The number of sulfone groups is 1. The predicted octanol–water partition coefficient (Wildman–Crippen LogP) is 0.521. The molecule has 1 aromatic rings. The molecule has 0 spiro atoms. The highest BCUT2D eigenvalue weighted by Gasteiger charge is 2.51. The van der Waals surface area contributed by atoms with Gasteiger partial charge in [0.2, 0.25) is 0 Å². The monoisotopic (exact) mass is 252 g/mol. The van der Waals surface area contributed by atoms with E-state index in [-0.39, 0.29) is 10.5 Å². The van der Waals surface area contributed by atoms with E-state index in [2.05, 4.69) is 4.90 Å². The molecular formula is C12H16N2O2S. The number of anilines is 1. The van der Waals surface area contributed by atoms with Crippen LogP contribution in [0.1, 0.15) is 12.0 Å². The second-order valence-corrected chi connectivity index (χ2v) is 7.36. The lowest BCUT2D eigenvalue weighted by atomic mass is 10.1. The van der Waals surface area contributed by atoms with E-state index in [4.69, 9.17) is 5.73 Å². The molecule has 3 saturated heterocycles. The van der Waals surface area contributed by atoms with E-state index in [1.165, 1.54) is 0 Å². The van der Waals surface area contributed by atoms with Gasteiger partial charge in [-0.05, 0) is 24.1 Å². The maximum absolute atomic E-state index is 11.7. The summed E-state index contributed by atoms with van der Waals surface area (Å²) in [7, 11) is -2.78. The zero-order valence-electron chi connectivity index (χ0n) is 9.54. The Balaban J connectivity index is 1.79. The molecule has 2 bridgehead atoms. The van der Waals surface area contributed by atoms with E-state index < -0.39 is 9.84 Å². The van der Waals surface area contributed by atoms with Crippen LogP contribution in [0.2, 0.25) is 0 Å². The molecule has 2 unspecified atom stereocenters. The molecule has 0 aromatic heterocycles. The van der Waals surface area contributed by atoms with Gasteiger partial charge in [0.15, 0.2) is 9.84 Å². The van der Waals surface area contributed by atoms with Crippen molar-refractivity contribution in [3.63, 3.8) is 0 Å². The van der Waals surface area contributed by atoms with E-state index >= 15 is 0 Å². The molecule has 3 aliphatic heterocycles. The Morgan fingerprint density at radius 1 is 1.18 bits per heavy atom. The highest BCUT2D eigenvalue weighted by molar-refractivity contribution is 7.94. The molecule has 1 aromatic carbocycles. The van der Waals surface area contributed by atoms with E-state index in [0.717, 1.165) is 17.7 Å². The summed E-state index contributed by atoms with van der Waals surface area (Å²) in [4.78, 5) is 2.17. The van der Waals surface area contributed by atoms with Crippen molar-refractivity contribution in [2.45, 2.75) is 23.5 Å². The maximum atomic E-state index is 11.7. The van der Waals surface area contributed by atoms with Crippen molar-refractivity contribution in [1.82, 2.24) is 0 Å². The average Bonchev–Trinajstić information content (AvgIpc) is 2.39. The van der Waals surface area contributed by atoms with E-state index in [0.29, 0.717) is 19.6 Å². The van der Waals surface area contributed by atoms with Crippen LogP contribution in [0, 0.1) is 0 Å². The van der Waals surface area contributed by atoms with Gasteiger partial charge in [-0.25, -0.2) is 8.42 Å². The quantitative estimate of drug-likeness (QED) is 0.833. The third-order valence-corrected chi connectivity index (χ3v) is 6.38. The second-order valence-electron chi connectivity index (χ2n) is 4.84. The molecular weight excluding hydrogens is 236 g/mol. The third kappa shape index (κ3) is 1.65. The van der Waals surface area contributed by atoms with Crippen LogP contribution in [0.3, 0.4) is 0 Å².